The van der Waals surface area contributed by atoms with Crippen molar-refractivity contribution in [2.45, 2.75) is 26.2 Å². The number of nitrogens with zero attached hydrogens (tertiary/aromatic N) is 1. The second-order valence-electron chi connectivity index (χ2n) is 2.62. The van der Waals surface area contributed by atoms with Gasteiger partial charge in [0.05, 0.1) is 0 Å². The zero-order valence-electron chi connectivity index (χ0n) is 6.47. The van der Waals surface area contributed by atoms with E-state index in [4.69, 9.17) is 0 Å². The predicted molar refractivity (Wildman–Crippen MR) is 40.4 cm³/mol. The Morgan fingerprint density at radius 3 is 3.10 bits per heavy atom. The summed E-state index contributed by atoms with van der Waals surface area (Å²) in [7, 11) is 0. The van der Waals surface area contributed by atoms with Gasteiger partial charge in [0.2, 0.25) is 5.91 Å². The first kappa shape index (κ1) is 7.58. The first-order valence-electron chi connectivity index (χ1n) is 3.96. The molecule has 57 valence electrons. The molecule has 0 aromatic rings. The van der Waals surface area contributed by atoms with Gasteiger partial charge in [0.1, 0.15) is 0 Å². The van der Waals surface area contributed by atoms with Crippen molar-refractivity contribution in [2.24, 2.45) is 0 Å². The molecule has 0 saturated carbocycles. The Morgan fingerprint density at radius 2 is 2.40 bits per heavy atom. The molecule has 0 bridgehead atoms. The fourth-order valence-corrected chi connectivity index (χ4v) is 1.23. The van der Waals surface area contributed by atoms with Crippen LogP contribution in [0.2, 0.25) is 0 Å². The monoisotopic (exact) mass is 140 g/mol. The summed E-state index contributed by atoms with van der Waals surface area (Å²) in [5.41, 5.74) is 0. The number of hydrogen-bond donors (Lipinski definition) is 0. The van der Waals surface area contributed by atoms with Crippen LogP contribution in [-0.4, -0.2) is 23.9 Å². The van der Waals surface area contributed by atoms with E-state index in [0.29, 0.717) is 0 Å². The summed E-state index contributed by atoms with van der Waals surface area (Å²) in [4.78, 5) is 13.0. The summed E-state index contributed by atoms with van der Waals surface area (Å²) in [5.74, 6) is 0.222. The number of carbonyl (C=O) groups excluding carboxylic acids is 1. The third-order valence-corrected chi connectivity index (χ3v) is 1.89. The highest BCUT2D eigenvalue weighted by molar-refractivity contribution is 5.84. The van der Waals surface area contributed by atoms with Crippen LogP contribution in [0.1, 0.15) is 26.2 Å². The summed E-state index contributed by atoms with van der Waals surface area (Å²) in [6.07, 6.45) is 5.10. The molecular formula is C8H14NO. The summed E-state index contributed by atoms with van der Waals surface area (Å²) in [5, 5.41) is 0. The third-order valence-electron chi connectivity index (χ3n) is 1.89. The van der Waals surface area contributed by atoms with Gasteiger partial charge in [0.15, 0.2) is 0 Å². The van der Waals surface area contributed by atoms with Crippen LogP contribution >= 0.6 is 0 Å². The van der Waals surface area contributed by atoms with Gasteiger partial charge in [-0.3, -0.25) is 4.79 Å². The van der Waals surface area contributed by atoms with Crippen LogP contribution < -0.4 is 0 Å². The first-order valence-corrected chi connectivity index (χ1v) is 3.96. The van der Waals surface area contributed by atoms with Gasteiger partial charge in [-0.2, -0.15) is 0 Å². The van der Waals surface area contributed by atoms with Crippen molar-refractivity contribution < 1.29 is 4.79 Å². The van der Waals surface area contributed by atoms with Gasteiger partial charge in [-0.15, -0.1) is 0 Å². The Balaban J connectivity index is 2.43. The van der Waals surface area contributed by atoms with Crippen molar-refractivity contribution in [3.63, 3.8) is 0 Å². The number of carbonyl (C=O) groups is 1. The smallest absolute Gasteiger partial charge is 0.226 e. The van der Waals surface area contributed by atoms with E-state index in [1.165, 1.54) is 6.42 Å². The minimum Gasteiger partial charge on any atom is -0.343 e. The molecule has 10 heavy (non-hydrogen) atoms. The van der Waals surface area contributed by atoms with E-state index in [0.717, 1.165) is 25.9 Å². The van der Waals surface area contributed by atoms with E-state index in [1.54, 1.807) is 6.42 Å². The van der Waals surface area contributed by atoms with Crippen LogP contribution in [0, 0.1) is 6.42 Å². The van der Waals surface area contributed by atoms with Gasteiger partial charge in [0.25, 0.3) is 0 Å². The molecule has 1 amide bonds. The molecule has 2 heteroatoms. The van der Waals surface area contributed by atoms with Crippen LogP contribution in [0.25, 0.3) is 0 Å². The van der Waals surface area contributed by atoms with Crippen molar-refractivity contribution in [3.05, 3.63) is 6.42 Å². The van der Waals surface area contributed by atoms with Gasteiger partial charge in [-0.25, -0.2) is 0 Å². The molecule has 1 aliphatic heterocycles. The predicted octanol–water partition coefficient (Wildman–Crippen LogP) is 1.22. The zero-order chi connectivity index (χ0) is 7.40. The molecule has 1 radical (unpaired) electrons. The van der Waals surface area contributed by atoms with E-state index in [2.05, 4.69) is 0 Å². The van der Waals surface area contributed by atoms with Gasteiger partial charge >= 0.3 is 0 Å². The zero-order valence-corrected chi connectivity index (χ0v) is 6.47. The van der Waals surface area contributed by atoms with E-state index < -0.39 is 0 Å². The van der Waals surface area contributed by atoms with Crippen LogP contribution in [0.15, 0.2) is 0 Å². The van der Waals surface area contributed by atoms with Crippen molar-refractivity contribution in [1.29, 1.82) is 0 Å². The molecule has 0 unspecified atom stereocenters. The Morgan fingerprint density at radius 1 is 1.60 bits per heavy atom. The van der Waals surface area contributed by atoms with Gasteiger partial charge in [0, 0.05) is 19.5 Å². The fraction of sp³-hybridized carbons (Fsp3) is 0.750. The number of rotatable bonds is 1. The molecule has 0 spiro atoms. The van der Waals surface area contributed by atoms with Crippen molar-refractivity contribution >= 4 is 5.91 Å². The summed E-state index contributed by atoms with van der Waals surface area (Å²) in [6, 6.07) is 0. The number of amides is 1. The van der Waals surface area contributed by atoms with Crippen molar-refractivity contribution in [2.75, 3.05) is 13.1 Å². The van der Waals surface area contributed by atoms with Crippen molar-refractivity contribution in [1.82, 2.24) is 4.90 Å². The Bertz CT molecular complexity index is 122. The molecule has 1 heterocycles. The molecule has 0 aromatic carbocycles. The van der Waals surface area contributed by atoms with E-state index >= 15 is 0 Å². The molecule has 1 rings (SSSR count). The van der Waals surface area contributed by atoms with Crippen LogP contribution in [0.4, 0.5) is 0 Å². The lowest BCUT2D eigenvalue weighted by molar-refractivity contribution is -0.127. The molecular weight excluding hydrogens is 126 g/mol. The minimum atomic E-state index is 0.222. The average Bonchev–Trinajstić information content (AvgIpc) is 2.13. The maximum absolute atomic E-state index is 11.1. The molecule has 0 atom stereocenters. The lowest BCUT2D eigenvalue weighted by Crippen LogP contribution is -2.29. The lowest BCUT2D eigenvalue weighted by Gasteiger charge is -2.16. The highest BCUT2D eigenvalue weighted by atomic mass is 16.2. The summed E-state index contributed by atoms with van der Waals surface area (Å²) < 4.78 is 0. The Labute approximate surface area is 62.2 Å². The maximum Gasteiger partial charge on any atom is 0.226 e. The van der Waals surface area contributed by atoms with Gasteiger partial charge < -0.3 is 4.90 Å². The lowest BCUT2D eigenvalue weighted by atomic mass is 10.2. The number of likely N-dealkylation sites (tertiary alicyclic amines) is 1. The topological polar surface area (TPSA) is 20.3 Å². The third kappa shape index (κ3) is 1.72. The largest absolute Gasteiger partial charge is 0.343 e. The van der Waals surface area contributed by atoms with Crippen LogP contribution in [-0.2, 0) is 4.79 Å². The molecule has 1 fully saturated rings. The summed E-state index contributed by atoms with van der Waals surface area (Å²) >= 11 is 0. The molecule has 1 saturated heterocycles. The molecule has 1 aliphatic rings. The fourth-order valence-electron chi connectivity index (χ4n) is 1.23. The molecule has 0 N–H and O–H groups in total. The van der Waals surface area contributed by atoms with Gasteiger partial charge in [-0.1, -0.05) is 6.42 Å². The maximum atomic E-state index is 11.1. The quantitative estimate of drug-likeness (QED) is 0.536. The van der Waals surface area contributed by atoms with E-state index in [1.807, 2.05) is 11.8 Å². The normalized spacial score (nSPS) is 20.9. The van der Waals surface area contributed by atoms with E-state index in [-0.39, 0.29) is 5.91 Å². The molecule has 0 aromatic heterocycles. The molecule has 0 aliphatic carbocycles. The molecule has 2 nitrogen and oxygen atoms in total. The second-order valence-corrected chi connectivity index (χ2v) is 2.62. The SMILES string of the molecule is CCN1CCCC[CH]C1=O. The Hall–Kier alpha value is -0.530. The Kier molecular flexibility index (Phi) is 2.72. The highest BCUT2D eigenvalue weighted by Gasteiger charge is 2.13. The average molecular weight is 140 g/mol. The van der Waals surface area contributed by atoms with Gasteiger partial charge in [-0.05, 0) is 19.8 Å². The van der Waals surface area contributed by atoms with Crippen molar-refractivity contribution in [3.8, 4) is 0 Å². The summed E-state index contributed by atoms with van der Waals surface area (Å²) in [6.45, 7) is 3.83. The first-order chi connectivity index (χ1) is 4.84. The van der Waals surface area contributed by atoms with Crippen LogP contribution in [0.3, 0.4) is 0 Å². The number of hydrogen-bond acceptors (Lipinski definition) is 1. The minimum absolute atomic E-state index is 0.222. The second kappa shape index (κ2) is 3.59. The van der Waals surface area contributed by atoms with Crippen LogP contribution in [0.5, 0.6) is 0 Å². The van der Waals surface area contributed by atoms with E-state index in [9.17, 15) is 4.79 Å². The standard InChI is InChI=1S/C8H14NO/c1-2-9-7-5-3-4-6-8(9)10/h6H,2-5,7H2,1H3. The highest BCUT2D eigenvalue weighted by Crippen LogP contribution is 2.09.